The van der Waals surface area contributed by atoms with Gasteiger partial charge in [0.15, 0.2) is 0 Å². The average molecular weight is 279 g/mol. The monoisotopic (exact) mass is 278 g/mol. The zero-order valence-corrected chi connectivity index (χ0v) is 11.1. The third kappa shape index (κ3) is 3.20. The third-order valence-corrected chi connectivity index (χ3v) is 2.56. The standard InChI is InChI=1S/C13H11ClN2O3/c1-8-15-7-11(13(17)18-2)12(16-8)19-10-5-3-9(14)4-6-10/h3-7H,1-2H3. The molecule has 1 heterocycles. The van der Waals surface area contributed by atoms with Gasteiger partial charge in [0.05, 0.1) is 7.11 Å². The maximum atomic E-state index is 11.6. The van der Waals surface area contributed by atoms with Crippen LogP contribution in [0, 0.1) is 6.92 Å². The second-order valence-electron chi connectivity index (χ2n) is 3.68. The first-order valence-electron chi connectivity index (χ1n) is 5.45. The van der Waals surface area contributed by atoms with Gasteiger partial charge in [-0.2, -0.15) is 4.98 Å². The number of esters is 1. The zero-order chi connectivity index (χ0) is 13.8. The fraction of sp³-hybridized carbons (Fsp3) is 0.154. The van der Waals surface area contributed by atoms with Gasteiger partial charge >= 0.3 is 5.97 Å². The molecule has 19 heavy (non-hydrogen) atoms. The van der Waals surface area contributed by atoms with Gasteiger partial charge in [0.2, 0.25) is 5.88 Å². The lowest BCUT2D eigenvalue weighted by atomic mass is 10.3. The van der Waals surface area contributed by atoms with E-state index in [1.165, 1.54) is 13.3 Å². The summed E-state index contributed by atoms with van der Waals surface area (Å²) in [5, 5.41) is 0.597. The van der Waals surface area contributed by atoms with Gasteiger partial charge in [0.1, 0.15) is 17.1 Å². The Kier molecular flexibility index (Phi) is 3.97. The number of methoxy groups -OCH3 is 1. The van der Waals surface area contributed by atoms with E-state index in [1.807, 2.05) is 0 Å². The lowest BCUT2D eigenvalue weighted by molar-refractivity contribution is 0.0596. The summed E-state index contributed by atoms with van der Waals surface area (Å²) in [5.41, 5.74) is 0.169. The van der Waals surface area contributed by atoms with Gasteiger partial charge in [0, 0.05) is 11.2 Å². The summed E-state index contributed by atoms with van der Waals surface area (Å²) in [6, 6.07) is 6.73. The fourth-order valence-corrected chi connectivity index (χ4v) is 1.52. The second-order valence-corrected chi connectivity index (χ2v) is 4.12. The number of ether oxygens (including phenoxy) is 2. The quantitative estimate of drug-likeness (QED) is 0.808. The number of rotatable bonds is 3. The molecule has 0 aliphatic carbocycles. The Bertz CT molecular complexity index is 599. The number of carbonyl (C=O) groups is 1. The van der Waals surface area contributed by atoms with Gasteiger partial charge in [-0.1, -0.05) is 11.6 Å². The summed E-state index contributed by atoms with van der Waals surface area (Å²) < 4.78 is 10.2. The molecule has 0 bridgehead atoms. The first kappa shape index (κ1) is 13.3. The van der Waals surface area contributed by atoms with E-state index in [9.17, 15) is 4.79 Å². The van der Waals surface area contributed by atoms with E-state index >= 15 is 0 Å². The molecule has 0 unspecified atom stereocenters. The molecular weight excluding hydrogens is 268 g/mol. The highest BCUT2D eigenvalue weighted by molar-refractivity contribution is 6.30. The maximum Gasteiger partial charge on any atom is 0.345 e. The minimum atomic E-state index is -0.552. The van der Waals surface area contributed by atoms with E-state index in [1.54, 1.807) is 31.2 Å². The molecule has 0 aliphatic heterocycles. The van der Waals surface area contributed by atoms with E-state index in [2.05, 4.69) is 14.7 Å². The number of hydrogen-bond acceptors (Lipinski definition) is 5. The molecule has 5 nitrogen and oxygen atoms in total. The summed E-state index contributed by atoms with van der Waals surface area (Å²) in [5.74, 6) is 0.620. The Balaban J connectivity index is 2.35. The van der Waals surface area contributed by atoms with Crippen LogP contribution in [-0.4, -0.2) is 23.0 Å². The number of carbonyl (C=O) groups excluding carboxylic acids is 1. The van der Waals surface area contributed by atoms with E-state index in [0.717, 1.165) is 0 Å². The highest BCUT2D eigenvalue weighted by Gasteiger charge is 2.16. The molecule has 0 fully saturated rings. The Morgan fingerprint density at radius 1 is 1.26 bits per heavy atom. The van der Waals surface area contributed by atoms with Crippen molar-refractivity contribution in [3.05, 3.63) is 46.9 Å². The predicted molar refractivity (Wildman–Crippen MR) is 69.6 cm³/mol. The summed E-state index contributed by atoms with van der Waals surface area (Å²) in [7, 11) is 1.29. The van der Waals surface area contributed by atoms with Crippen LogP contribution in [0.3, 0.4) is 0 Å². The molecule has 0 amide bonds. The lowest BCUT2D eigenvalue weighted by Crippen LogP contribution is -2.07. The zero-order valence-electron chi connectivity index (χ0n) is 10.4. The maximum absolute atomic E-state index is 11.6. The van der Waals surface area contributed by atoms with Crippen molar-refractivity contribution in [2.24, 2.45) is 0 Å². The van der Waals surface area contributed by atoms with Crippen LogP contribution in [0.5, 0.6) is 11.6 Å². The molecule has 0 aliphatic rings. The molecule has 2 aromatic rings. The van der Waals surface area contributed by atoms with Crippen LogP contribution in [-0.2, 0) is 4.74 Å². The summed E-state index contributed by atoms with van der Waals surface area (Å²) in [6.07, 6.45) is 1.37. The van der Waals surface area contributed by atoms with Crippen molar-refractivity contribution in [2.45, 2.75) is 6.92 Å². The summed E-state index contributed by atoms with van der Waals surface area (Å²) in [4.78, 5) is 19.6. The van der Waals surface area contributed by atoms with E-state index < -0.39 is 5.97 Å². The summed E-state index contributed by atoms with van der Waals surface area (Å²) >= 11 is 5.79. The molecule has 2 rings (SSSR count). The molecule has 1 aromatic heterocycles. The first-order valence-corrected chi connectivity index (χ1v) is 5.83. The van der Waals surface area contributed by atoms with Gasteiger partial charge in [-0.05, 0) is 31.2 Å². The summed E-state index contributed by atoms with van der Waals surface area (Å²) in [6.45, 7) is 1.70. The van der Waals surface area contributed by atoms with Crippen molar-refractivity contribution in [2.75, 3.05) is 7.11 Å². The van der Waals surface area contributed by atoms with Crippen LogP contribution in [0.2, 0.25) is 5.02 Å². The Hall–Kier alpha value is -2.14. The van der Waals surface area contributed by atoms with Gasteiger partial charge < -0.3 is 9.47 Å². The molecule has 0 spiro atoms. The second kappa shape index (κ2) is 5.67. The van der Waals surface area contributed by atoms with Crippen molar-refractivity contribution < 1.29 is 14.3 Å². The number of benzene rings is 1. The van der Waals surface area contributed by atoms with Gasteiger partial charge in [-0.3, -0.25) is 0 Å². The number of aryl methyl sites for hydroxylation is 1. The molecule has 0 atom stereocenters. The van der Waals surface area contributed by atoms with Crippen LogP contribution in [0.25, 0.3) is 0 Å². The molecule has 0 N–H and O–H groups in total. The Morgan fingerprint density at radius 2 is 1.95 bits per heavy atom. The number of aromatic nitrogens is 2. The minimum absolute atomic E-state index is 0.154. The topological polar surface area (TPSA) is 61.3 Å². The molecule has 6 heteroatoms. The third-order valence-electron chi connectivity index (χ3n) is 2.31. The Morgan fingerprint density at radius 3 is 2.58 bits per heavy atom. The molecule has 98 valence electrons. The molecule has 0 saturated heterocycles. The number of halogens is 1. The van der Waals surface area contributed by atoms with Crippen LogP contribution in [0.4, 0.5) is 0 Å². The molecular formula is C13H11ClN2O3. The van der Waals surface area contributed by atoms with E-state index in [-0.39, 0.29) is 11.4 Å². The molecule has 0 saturated carbocycles. The van der Waals surface area contributed by atoms with Crippen molar-refractivity contribution in [3.63, 3.8) is 0 Å². The smallest absolute Gasteiger partial charge is 0.345 e. The number of hydrogen-bond donors (Lipinski definition) is 0. The van der Waals surface area contributed by atoms with E-state index in [4.69, 9.17) is 16.3 Å². The fourth-order valence-electron chi connectivity index (χ4n) is 1.39. The predicted octanol–water partition coefficient (Wildman–Crippen LogP) is 3.02. The SMILES string of the molecule is COC(=O)c1cnc(C)nc1Oc1ccc(Cl)cc1. The Labute approximate surface area is 115 Å². The van der Waals surface area contributed by atoms with Crippen LogP contribution in [0.15, 0.2) is 30.5 Å². The van der Waals surface area contributed by atoms with Gasteiger partial charge in [0.25, 0.3) is 0 Å². The molecule has 1 aromatic carbocycles. The largest absolute Gasteiger partial charge is 0.465 e. The lowest BCUT2D eigenvalue weighted by Gasteiger charge is -2.09. The van der Waals surface area contributed by atoms with Crippen molar-refractivity contribution >= 4 is 17.6 Å². The van der Waals surface area contributed by atoms with Crippen molar-refractivity contribution in [1.29, 1.82) is 0 Å². The molecule has 0 radical (unpaired) electrons. The average Bonchev–Trinajstić information content (AvgIpc) is 2.41. The van der Waals surface area contributed by atoms with Crippen LogP contribution in [0.1, 0.15) is 16.2 Å². The van der Waals surface area contributed by atoms with Crippen molar-refractivity contribution in [3.8, 4) is 11.6 Å². The van der Waals surface area contributed by atoms with Gasteiger partial charge in [-0.15, -0.1) is 0 Å². The first-order chi connectivity index (χ1) is 9.10. The van der Waals surface area contributed by atoms with Gasteiger partial charge in [-0.25, -0.2) is 9.78 Å². The highest BCUT2D eigenvalue weighted by Crippen LogP contribution is 2.24. The normalized spacial score (nSPS) is 10.1. The highest BCUT2D eigenvalue weighted by atomic mass is 35.5. The number of nitrogens with zero attached hydrogens (tertiary/aromatic N) is 2. The minimum Gasteiger partial charge on any atom is -0.465 e. The van der Waals surface area contributed by atoms with Crippen molar-refractivity contribution in [1.82, 2.24) is 9.97 Å². The van der Waals surface area contributed by atoms with E-state index in [0.29, 0.717) is 16.6 Å². The van der Waals surface area contributed by atoms with Crippen LogP contribution < -0.4 is 4.74 Å². The van der Waals surface area contributed by atoms with Crippen LogP contribution >= 0.6 is 11.6 Å².